The Morgan fingerprint density at radius 1 is 1.00 bits per heavy atom. The molecule has 1 nitrogen and oxygen atoms in total. The fraction of sp³-hybridized carbons (Fsp3) is 0.294. The van der Waals surface area contributed by atoms with Gasteiger partial charge in [0.2, 0.25) is 0 Å². The monoisotopic (exact) mass is 273 g/mol. The molecule has 0 fully saturated rings. The smallest absolute Gasteiger partial charge is 0.0438 e. The van der Waals surface area contributed by atoms with Gasteiger partial charge in [0, 0.05) is 11.1 Å². The van der Waals surface area contributed by atoms with Crippen LogP contribution in [0.3, 0.4) is 0 Å². The maximum atomic E-state index is 6.26. The average molecular weight is 274 g/mol. The minimum Gasteiger partial charge on any atom is -0.313 e. The van der Waals surface area contributed by atoms with E-state index in [-0.39, 0.29) is 0 Å². The summed E-state index contributed by atoms with van der Waals surface area (Å²) in [5.74, 6) is 0. The zero-order valence-electron chi connectivity index (χ0n) is 11.5. The summed E-state index contributed by atoms with van der Waals surface area (Å²) >= 11 is 6.26. The minimum absolute atomic E-state index is 0.302. The van der Waals surface area contributed by atoms with E-state index in [0.29, 0.717) is 6.04 Å². The van der Waals surface area contributed by atoms with Crippen LogP contribution in [0.4, 0.5) is 0 Å². The Balaban J connectivity index is 2.28. The third-order valence-corrected chi connectivity index (χ3v) is 3.91. The van der Waals surface area contributed by atoms with Crippen LogP contribution >= 0.6 is 11.6 Å². The van der Waals surface area contributed by atoms with Gasteiger partial charge in [0.1, 0.15) is 0 Å². The first-order valence-electron chi connectivity index (χ1n) is 6.74. The molecular weight excluding hydrogens is 254 g/mol. The quantitative estimate of drug-likeness (QED) is 0.851. The van der Waals surface area contributed by atoms with Crippen molar-refractivity contribution in [1.29, 1.82) is 0 Å². The predicted octanol–water partition coefficient (Wildman–Crippen LogP) is 4.41. The Hall–Kier alpha value is -1.31. The van der Waals surface area contributed by atoms with E-state index >= 15 is 0 Å². The van der Waals surface area contributed by atoms with Gasteiger partial charge in [0.25, 0.3) is 0 Å². The van der Waals surface area contributed by atoms with Gasteiger partial charge in [-0.15, -0.1) is 0 Å². The Labute approximate surface area is 120 Å². The van der Waals surface area contributed by atoms with Crippen LogP contribution < -0.4 is 5.32 Å². The highest BCUT2D eigenvalue weighted by molar-refractivity contribution is 6.31. The molecule has 0 radical (unpaired) electrons. The lowest BCUT2D eigenvalue weighted by Gasteiger charge is -2.20. The zero-order chi connectivity index (χ0) is 13.7. The van der Waals surface area contributed by atoms with Crippen LogP contribution in [0.5, 0.6) is 0 Å². The summed E-state index contributed by atoms with van der Waals surface area (Å²) in [7, 11) is 2.01. The van der Waals surface area contributed by atoms with Crippen molar-refractivity contribution in [3.63, 3.8) is 0 Å². The van der Waals surface area contributed by atoms with Crippen LogP contribution in [0, 0.1) is 0 Å². The van der Waals surface area contributed by atoms with Gasteiger partial charge >= 0.3 is 0 Å². The average Bonchev–Trinajstić information content (AvgIpc) is 2.46. The summed E-state index contributed by atoms with van der Waals surface area (Å²) in [6.07, 6.45) is 1.96. The van der Waals surface area contributed by atoms with E-state index in [1.807, 2.05) is 25.2 Å². The van der Waals surface area contributed by atoms with Crippen molar-refractivity contribution in [3.8, 4) is 0 Å². The third-order valence-electron chi connectivity index (χ3n) is 3.54. The van der Waals surface area contributed by atoms with Crippen molar-refractivity contribution in [2.24, 2.45) is 0 Å². The molecule has 0 aliphatic rings. The molecule has 1 N–H and O–H groups in total. The van der Waals surface area contributed by atoms with Crippen LogP contribution in [-0.4, -0.2) is 7.05 Å². The van der Waals surface area contributed by atoms with E-state index in [2.05, 4.69) is 42.6 Å². The van der Waals surface area contributed by atoms with Crippen molar-refractivity contribution in [1.82, 2.24) is 5.32 Å². The highest BCUT2D eigenvalue weighted by atomic mass is 35.5. The number of hydrogen-bond acceptors (Lipinski definition) is 1. The van der Waals surface area contributed by atoms with E-state index in [1.165, 1.54) is 16.7 Å². The topological polar surface area (TPSA) is 12.0 Å². The van der Waals surface area contributed by atoms with Crippen molar-refractivity contribution in [2.45, 2.75) is 25.8 Å². The van der Waals surface area contributed by atoms with E-state index in [4.69, 9.17) is 11.6 Å². The predicted molar refractivity (Wildman–Crippen MR) is 82.8 cm³/mol. The van der Waals surface area contributed by atoms with E-state index in [1.54, 1.807) is 0 Å². The molecule has 100 valence electrons. The number of halogens is 1. The summed E-state index contributed by atoms with van der Waals surface area (Å²) in [6, 6.07) is 17.0. The number of benzene rings is 2. The lowest BCUT2D eigenvalue weighted by Crippen LogP contribution is -2.20. The van der Waals surface area contributed by atoms with Gasteiger partial charge in [-0.2, -0.15) is 0 Å². The van der Waals surface area contributed by atoms with Gasteiger partial charge in [0.05, 0.1) is 0 Å². The van der Waals surface area contributed by atoms with Crippen molar-refractivity contribution in [3.05, 3.63) is 70.2 Å². The molecule has 0 aromatic heterocycles. The van der Waals surface area contributed by atoms with Crippen molar-refractivity contribution in [2.75, 3.05) is 7.05 Å². The zero-order valence-corrected chi connectivity index (χ0v) is 12.2. The summed E-state index contributed by atoms with van der Waals surface area (Å²) in [5, 5.41) is 4.25. The highest BCUT2D eigenvalue weighted by Gasteiger charge is 2.14. The normalized spacial score (nSPS) is 12.4. The second kappa shape index (κ2) is 6.74. The molecule has 2 heteroatoms. The molecule has 0 aliphatic carbocycles. The molecule has 1 atom stereocenters. The number of rotatable bonds is 5. The summed E-state index contributed by atoms with van der Waals surface area (Å²) < 4.78 is 0. The molecule has 0 saturated carbocycles. The fourth-order valence-corrected chi connectivity index (χ4v) is 2.66. The summed E-state index contributed by atoms with van der Waals surface area (Å²) in [5.41, 5.74) is 3.95. The number of likely N-dealkylation sites (N-methyl/N-ethyl adjacent to an activating group) is 1. The number of nitrogens with one attached hydrogen (secondary N) is 1. The number of hydrogen-bond donors (Lipinski definition) is 1. The molecule has 19 heavy (non-hydrogen) atoms. The van der Waals surface area contributed by atoms with Gasteiger partial charge in [-0.3, -0.25) is 0 Å². The van der Waals surface area contributed by atoms with Gasteiger partial charge in [-0.05, 0) is 42.6 Å². The molecule has 2 aromatic carbocycles. The standard InChI is InChI=1S/C17H20ClN/c1-3-13-8-4-6-10-15(13)17(19-2)12-14-9-5-7-11-16(14)18/h4-11,17,19H,3,12H2,1-2H3. The number of aryl methyl sites for hydroxylation is 1. The van der Waals surface area contributed by atoms with Gasteiger partial charge in [-0.1, -0.05) is 61.0 Å². The fourth-order valence-electron chi connectivity index (χ4n) is 2.45. The second-order valence-corrected chi connectivity index (χ2v) is 5.10. The third kappa shape index (κ3) is 3.37. The Morgan fingerprint density at radius 3 is 2.26 bits per heavy atom. The van der Waals surface area contributed by atoms with E-state index < -0.39 is 0 Å². The van der Waals surface area contributed by atoms with Crippen LogP contribution in [0.1, 0.15) is 29.7 Å². The maximum absolute atomic E-state index is 6.26. The first-order valence-corrected chi connectivity index (χ1v) is 7.12. The van der Waals surface area contributed by atoms with Crippen molar-refractivity contribution < 1.29 is 0 Å². The molecule has 0 saturated heterocycles. The largest absolute Gasteiger partial charge is 0.313 e. The SMILES string of the molecule is CCc1ccccc1C(Cc1ccccc1Cl)NC. The first-order chi connectivity index (χ1) is 9.26. The lowest BCUT2D eigenvalue weighted by atomic mass is 9.94. The van der Waals surface area contributed by atoms with Crippen LogP contribution in [0.25, 0.3) is 0 Å². The summed E-state index contributed by atoms with van der Waals surface area (Å²) in [6.45, 7) is 2.20. The lowest BCUT2D eigenvalue weighted by molar-refractivity contribution is 0.587. The van der Waals surface area contributed by atoms with Crippen LogP contribution in [0.2, 0.25) is 5.02 Å². The molecule has 2 rings (SSSR count). The van der Waals surface area contributed by atoms with E-state index in [0.717, 1.165) is 17.9 Å². The Morgan fingerprint density at radius 2 is 1.63 bits per heavy atom. The molecule has 0 heterocycles. The molecule has 0 spiro atoms. The molecule has 0 bridgehead atoms. The molecule has 2 aromatic rings. The van der Waals surface area contributed by atoms with Gasteiger partial charge < -0.3 is 5.32 Å². The van der Waals surface area contributed by atoms with Gasteiger partial charge in [-0.25, -0.2) is 0 Å². The van der Waals surface area contributed by atoms with E-state index in [9.17, 15) is 0 Å². The first kappa shape index (κ1) is 14.1. The molecular formula is C17H20ClN. The Kier molecular flexibility index (Phi) is 5.00. The second-order valence-electron chi connectivity index (χ2n) is 4.69. The maximum Gasteiger partial charge on any atom is 0.0438 e. The summed E-state index contributed by atoms with van der Waals surface area (Å²) in [4.78, 5) is 0. The van der Waals surface area contributed by atoms with Crippen molar-refractivity contribution >= 4 is 11.6 Å². The minimum atomic E-state index is 0.302. The van der Waals surface area contributed by atoms with Crippen LogP contribution in [-0.2, 0) is 12.8 Å². The molecule has 1 unspecified atom stereocenters. The molecule has 0 aliphatic heterocycles. The Bertz CT molecular complexity index is 536. The van der Waals surface area contributed by atoms with Crippen LogP contribution in [0.15, 0.2) is 48.5 Å². The highest BCUT2D eigenvalue weighted by Crippen LogP contribution is 2.25. The van der Waals surface area contributed by atoms with Gasteiger partial charge in [0.15, 0.2) is 0 Å². The molecule has 0 amide bonds.